The molecule has 2 heteroatoms. The molecule has 14 rings (SSSR count). The average molecular weight is 1130 g/mol. The second-order valence-electron chi connectivity index (χ2n) is 22.0. The third-order valence-corrected chi connectivity index (χ3v) is 16.8. The van der Waals surface area contributed by atoms with Gasteiger partial charge in [-0.2, -0.15) is 43.7 Å². The van der Waals surface area contributed by atoms with Crippen molar-refractivity contribution in [2.75, 3.05) is 0 Å². The zero-order valence-electron chi connectivity index (χ0n) is 49.6. The summed E-state index contributed by atoms with van der Waals surface area (Å²) in [7, 11) is 0. The third-order valence-electron chi connectivity index (χ3n) is 16.8. The molecule has 0 heterocycles. The van der Waals surface area contributed by atoms with Gasteiger partial charge in [-0.05, 0) is 48.5 Å². The second-order valence-corrected chi connectivity index (χ2v) is 22.0. The van der Waals surface area contributed by atoms with Crippen molar-refractivity contribution < 1.29 is 0 Å². The van der Waals surface area contributed by atoms with Crippen molar-refractivity contribution in [2.45, 2.75) is 0 Å². The zero-order valence-corrected chi connectivity index (χ0v) is 49.6. The fraction of sp³-hybridized carbons (Fsp3) is 0. The molecule has 0 aromatic heterocycles. The van der Waals surface area contributed by atoms with Crippen molar-refractivity contribution in [3.8, 4) is 0 Å². The van der Waals surface area contributed by atoms with Gasteiger partial charge in [0.05, 0.1) is 11.1 Å². The highest BCUT2D eigenvalue weighted by molar-refractivity contribution is 7.20. The van der Waals surface area contributed by atoms with Crippen LogP contribution in [0.5, 0.6) is 0 Å². The molecule has 2 aliphatic carbocycles. The van der Waals surface area contributed by atoms with Crippen molar-refractivity contribution in [2.24, 2.45) is 0 Å². The largest absolute Gasteiger partial charge is 0.195 e. The number of benzene rings is 12. The Bertz CT molecular complexity index is 3510. The van der Waals surface area contributed by atoms with E-state index in [1.807, 2.05) is 0 Å². The SMILES string of the molecule is C1=C[CH+]C(=C(c2ccccc2)c2ccccc2)C=C1.C1=C[CH+]C(=C(c2ccccc2)c2ccccc2)C=C1.c1ccc([B-](c2ccccc2)(c2ccccc2)c2ccccc2)cc1.c1ccc([B-](c2ccccc2)(c2ccccc2)c2ccccc2)cc1. The number of allylic oxidation sites excluding steroid dienone is 10. The fourth-order valence-corrected chi connectivity index (χ4v) is 12.9. The second kappa shape index (κ2) is 30.2. The van der Waals surface area contributed by atoms with Crippen LogP contribution < -0.4 is 43.7 Å². The van der Waals surface area contributed by atoms with E-state index in [4.69, 9.17) is 0 Å². The number of rotatable bonds is 12. The van der Waals surface area contributed by atoms with Gasteiger partial charge < -0.3 is 0 Å². The minimum atomic E-state index is -1.22. The molecular weight excluding hydrogens is 1050 g/mol. The van der Waals surface area contributed by atoms with Crippen molar-refractivity contribution in [1.29, 1.82) is 0 Å². The Hall–Kier alpha value is -11.1. The Morgan fingerprint density at radius 3 is 0.489 bits per heavy atom. The molecule has 0 spiro atoms. The summed E-state index contributed by atoms with van der Waals surface area (Å²) in [6, 6.07) is 129. The first-order chi connectivity index (χ1) is 43.7. The molecule has 0 nitrogen and oxygen atoms in total. The lowest BCUT2D eigenvalue weighted by Gasteiger charge is -2.44. The topological polar surface area (TPSA) is 0 Å². The standard InChI is InChI=1S/2C24H20B.2C19H15/c2*1-5-13-21(14-6-1)25(22-15-7-2-8-16-22,23-17-9-3-10-18-23)24-19-11-4-12-20-24;2*1-4-10-16(11-5-1)19(17-12-6-2-7-13-17)18-14-8-3-9-15-18/h2*1-20H;2*1-15H/q2*-1;2*+1. The van der Waals surface area contributed by atoms with E-state index in [1.165, 1.54) is 88.2 Å². The zero-order chi connectivity index (χ0) is 59.7. The van der Waals surface area contributed by atoms with Crippen LogP contribution in [-0.4, -0.2) is 12.3 Å². The highest BCUT2D eigenvalue weighted by Gasteiger charge is 2.32. The van der Waals surface area contributed by atoms with Crippen LogP contribution in [0.4, 0.5) is 0 Å². The maximum Gasteiger partial charge on any atom is 0.108 e. The van der Waals surface area contributed by atoms with Gasteiger partial charge >= 0.3 is 0 Å². The molecule has 2 aliphatic rings. The van der Waals surface area contributed by atoms with Gasteiger partial charge in [0.15, 0.2) is 0 Å². The van der Waals surface area contributed by atoms with Crippen molar-refractivity contribution in [3.05, 3.63) is 459 Å². The fourth-order valence-electron chi connectivity index (χ4n) is 12.9. The molecule has 0 aliphatic heterocycles. The number of hydrogen-bond acceptors (Lipinski definition) is 0. The quantitative estimate of drug-likeness (QED) is 0.0845. The lowest BCUT2D eigenvalue weighted by atomic mass is 9.13. The van der Waals surface area contributed by atoms with Crippen LogP contribution in [0, 0.1) is 12.8 Å². The third kappa shape index (κ3) is 13.7. The van der Waals surface area contributed by atoms with Gasteiger partial charge in [0.25, 0.3) is 0 Å². The summed E-state index contributed by atoms with van der Waals surface area (Å²) in [5, 5.41) is 0. The highest BCUT2D eigenvalue weighted by atomic mass is 14.2. The molecule has 0 atom stereocenters. The van der Waals surface area contributed by atoms with Crippen LogP contribution in [0.2, 0.25) is 0 Å². The predicted octanol–water partition coefficient (Wildman–Crippen LogP) is 15.8. The van der Waals surface area contributed by atoms with Crippen LogP contribution >= 0.6 is 0 Å². The van der Waals surface area contributed by atoms with Crippen LogP contribution in [0.15, 0.2) is 424 Å². The van der Waals surface area contributed by atoms with E-state index in [1.54, 1.807) is 0 Å². The number of hydrogen-bond donors (Lipinski definition) is 0. The van der Waals surface area contributed by atoms with Crippen LogP contribution in [0.25, 0.3) is 11.1 Å². The molecule has 0 unspecified atom stereocenters. The maximum atomic E-state index is 2.26. The van der Waals surface area contributed by atoms with Crippen molar-refractivity contribution in [3.63, 3.8) is 0 Å². The normalized spacial score (nSPS) is 12.0. The van der Waals surface area contributed by atoms with Gasteiger partial charge in [0.1, 0.15) is 23.4 Å². The first kappa shape index (κ1) is 58.7. The van der Waals surface area contributed by atoms with Gasteiger partial charge in [-0.1, -0.05) is 315 Å². The molecule has 420 valence electrons. The molecule has 12 aromatic rings. The monoisotopic (exact) mass is 1120 g/mol. The Labute approximate surface area is 522 Å². The Kier molecular flexibility index (Phi) is 20.1. The summed E-state index contributed by atoms with van der Waals surface area (Å²) in [5.41, 5.74) is 20.8. The van der Waals surface area contributed by atoms with E-state index in [-0.39, 0.29) is 0 Å². The molecule has 0 bridgehead atoms. The molecule has 0 fully saturated rings. The predicted molar refractivity (Wildman–Crippen MR) is 383 cm³/mol. The molecule has 0 amide bonds. The summed E-state index contributed by atoms with van der Waals surface area (Å²) in [6.45, 7) is 0. The molecule has 0 saturated carbocycles. The first-order valence-electron chi connectivity index (χ1n) is 30.6. The minimum absolute atomic E-state index is 1.22. The van der Waals surface area contributed by atoms with E-state index in [2.05, 4.69) is 425 Å². The molecule has 0 radical (unpaired) electrons. The summed E-state index contributed by atoms with van der Waals surface area (Å²) in [6.07, 6.45) is 18.7. The van der Waals surface area contributed by atoms with E-state index >= 15 is 0 Å². The van der Waals surface area contributed by atoms with Crippen LogP contribution in [0.1, 0.15) is 22.3 Å². The van der Waals surface area contributed by atoms with Crippen molar-refractivity contribution in [1.82, 2.24) is 0 Å². The van der Waals surface area contributed by atoms with E-state index in [9.17, 15) is 0 Å². The lowest BCUT2D eigenvalue weighted by Crippen LogP contribution is -2.74. The van der Waals surface area contributed by atoms with Crippen molar-refractivity contribution >= 4 is 67.1 Å². The molecule has 12 aromatic carbocycles. The van der Waals surface area contributed by atoms with Gasteiger partial charge in [-0.3, -0.25) is 0 Å². The highest BCUT2D eigenvalue weighted by Crippen LogP contribution is 2.31. The van der Waals surface area contributed by atoms with E-state index < -0.39 is 12.3 Å². The maximum absolute atomic E-state index is 2.26. The van der Waals surface area contributed by atoms with Gasteiger partial charge in [0, 0.05) is 83.7 Å². The Morgan fingerprint density at radius 2 is 0.341 bits per heavy atom. The van der Waals surface area contributed by atoms with E-state index in [0.29, 0.717) is 0 Å². The summed E-state index contributed by atoms with van der Waals surface area (Å²) >= 11 is 0. The first-order valence-corrected chi connectivity index (χ1v) is 30.6. The lowest BCUT2D eigenvalue weighted by molar-refractivity contribution is 1.46. The van der Waals surface area contributed by atoms with E-state index in [0.717, 1.165) is 0 Å². The average Bonchev–Trinajstić information content (AvgIpc) is 1.16. The summed E-state index contributed by atoms with van der Waals surface area (Å²) < 4.78 is 0. The summed E-state index contributed by atoms with van der Waals surface area (Å²) in [4.78, 5) is 0. The molecule has 88 heavy (non-hydrogen) atoms. The van der Waals surface area contributed by atoms with Gasteiger partial charge in [0.2, 0.25) is 0 Å². The minimum Gasteiger partial charge on any atom is -0.195 e. The Balaban J connectivity index is 0.000000122. The molecule has 0 N–H and O–H groups in total. The Morgan fingerprint density at radius 1 is 0.182 bits per heavy atom. The van der Waals surface area contributed by atoms with Gasteiger partial charge in [-0.15, -0.1) is 0 Å². The molecule has 0 saturated heterocycles. The van der Waals surface area contributed by atoms with Crippen LogP contribution in [-0.2, 0) is 0 Å². The van der Waals surface area contributed by atoms with Crippen LogP contribution in [0.3, 0.4) is 0 Å². The van der Waals surface area contributed by atoms with Gasteiger partial charge in [-0.25, -0.2) is 0 Å². The summed E-state index contributed by atoms with van der Waals surface area (Å²) in [5.74, 6) is 0. The molecular formula is C86H70B2. The smallest absolute Gasteiger partial charge is 0.108 e.